The highest BCUT2D eigenvalue weighted by atomic mass is 16.6. The fourth-order valence-electron chi connectivity index (χ4n) is 4.21. The van der Waals surface area contributed by atoms with Crippen LogP contribution in [0.4, 0.5) is 11.4 Å². The molecule has 1 aliphatic carbocycles. The van der Waals surface area contributed by atoms with Gasteiger partial charge in [-0.1, -0.05) is 12.1 Å². The Balaban J connectivity index is 1.37. The monoisotopic (exact) mass is 350 g/mol. The molecule has 0 saturated heterocycles. The smallest absolute Gasteiger partial charge is 0.230 e. The molecule has 3 aliphatic rings. The number of rotatable bonds is 2. The van der Waals surface area contributed by atoms with E-state index in [-0.39, 0.29) is 17.7 Å². The predicted octanol–water partition coefficient (Wildman–Crippen LogP) is 3.12. The minimum atomic E-state index is 0.0462. The summed E-state index contributed by atoms with van der Waals surface area (Å²) in [6.07, 6.45) is 2.81. The molecule has 2 aliphatic heterocycles. The summed E-state index contributed by atoms with van der Waals surface area (Å²) in [5.41, 5.74) is 10.2. The molecule has 2 unspecified atom stereocenters. The van der Waals surface area contributed by atoms with Crippen LogP contribution in [0.2, 0.25) is 0 Å². The summed E-state index contributed by atoms with van der Waals surface area (Å²) in [5, 5.41) is 0. The lowest BCUT2D eigenvalue weighted by atomic mass is 9.99. The number of anilines is 2. The standard InChI is InChI=1S/C21H22N2O3/c22-17-4-1-5-18-14(17)3-2-8-23(18)21(24)16-12-15(16)13-6-7-19-20(11-13)26-10-9-25-19/h1,4-7,11,15-16H,2-3,8-10,12,22H2. The van der Waals surface area contributed by atoms with Crippen molar-refractivity contribution in [3.63, 3.8) is 0 Å². The van der Waals surface area contributed by atoms with E-state index in [0.717, 1.165) is 59.8 Å². The van der Waals surface area contributed by atoms with Gasteiger partial charge in [-0.25, -0.2) is 0 Å². The van der Waals surface area contributed by atoms with Crippen molar-refractivity contribution in [2.45, 2.75) is 25.2 Å². The molecular formula is C21H22N2O3. The largest absolute Gasteiger partial charge is 0.486 e. The summed E-state index contributed by atoms with van der Waals surface area (Å²) in [5.74, 6) is 2.12. The average molecular weight is 350 g/mol. The van der Waals surface area contributed by atoms with Crippen molar-refractivity contribution in [1.82, 2.24) is 0 Å². The molecule has 2 aromatic rings. The van der Waals surface area contributed by atoms with Crippen LogP contribution in [-0.4, -0.2) is 25.7 Å². The van der Waals surface area contributed by atoms with Crippen LogP contribution in [0, 0.1) is 5.92 Å². The second kappa shape index (κ2) is 5.94. The molecule has 1 saturated carbocycles. The van der Waals surface area contributed by atoms with E-state index in [1.165, 1.54) is 0 Å². The average Bonchev–Trinajstić information content (AvgIpc) is 3.48. The molecule has 2 atom stereocenters. The highest BCUT2D eigenvalue weighted by Gasteiger charge is 2.47. The van der Waals surface area contributed by atoms with Crippen molar-refractivity contribution < 1.29 is 14.3 Å². The van der Waals surface area contributed by atoms with Gasteiger partial charge < -0.3 is 20.1 Å². The molecule has 0 radical (unpaired) electrons. The van der Waals surface area contributed by atoms with Gasteiger partial charge in [-0.15, -0.1) is 0 Å². The fourth-order valence-corrected chi connectivity index (χ4v) is 4.21. The number of ether oxygens (including phenoxy) is 2. The zero-order valence-corrected chi connectivity index (χ0v) is 14.6. The van der Waals surface area contributed by atoms with E-state index in [1.54, 1.807) is 0 Å². The van der Waals surface area contributed by atoms with Crippen molar-refractivity contribution in [2.75, 3.05) is 30.4 Å². The summed E-state index contributed by atoms with van der Waals surface area (Å²) in [4.78, 5) is 15.1. The van der Waals surface area contributed by atoms with Crippen molar-refractivity contribution in [3.8, 4) is 11.5 Å². The first-order chi connectivity index (χ1) is 12.7. The Morgan fingerprint density at radius 1 is 1.12 bits per heavy atom. The Bertz CT molecular complexity index is 880. The number of amides is 1. The maximum absolute atomic E-state index is 13.1. The topological polar surface area (TPSA) is 64.8 Å². The Morgan fingerprint density at radius 2 is 1.96 bits per heavy atom. The molecule has 5 heteroatoms. The van der Waals surface area contributed by atoms with Gasteiger partial charge in [-0.05, 0) is 60.6 Å². The molecule has 0 bridgehead atoms. The molecule has 2 aromatic carbocycles. The number of nitrogen functional groups attached to an aromatic ring is 1. The second-order valence-corrected chi connectivity index (χ2v) is 7.29. The highest BCUT2D eigenvalue weighted by Crippen LogP contribution is 2.51. The fraction of sp³-hybridized carbons (Fsp3) is 0.381. The molecule has 0 spiro atoms. The predicted molar refractivity (Wildman–Crippen MR) is 99.8 cm³/mol. The van der Waals surface area contributed by atoms with Crippen LogP contribution in [0.15, 0.2) is 36.4 Å². The lowest BCUT2D eigenvalue weighted by Gasteiger charge is -2.30. The Kier molecular flexibility index (Phi) is 3.55. The van der Waals surface area contributed by atoms with E-state index >= 15 is 0 Å². The number of carbonyl (C=O) groups is 1. The van der Waals surface area contributed by atoms with E-state index in [0.29, 0.717) is 13.2 Å². The zero-order chi connectivity index (χ0) is 17.7. The van der Waals surface area contributed by atoms with Gasteiger partial charge in [0.05, 0.1) is 0 Å². The molecule has 2 heterocycles. The van der Waals surface area contributed by atoms with Gasteiger partial charge in [0.15, 0.2) is 11.5 Å². The molecular weight excluding hydrogens is 328 g/mol. The van der Waals surface area contributed by atoms with Crippen LogP contribution < -0.4 is 20.1 Å². The van der Waals surface area contributed by atoms with Crippen LogP contribution in [0.25, 0.3) is 0 Å². The van der Waals surface area contributed by atoms with Crippen LogP contribution >= 0.6 is 0 Å². The quantitative estimate of drug-likeness (QED) is 0.845. The number of fused-ring (bicyclic) bond motifs is 2. The van der Waals surface area contributed by atoms with Crippen LogP contribution in [0.1, 0.15) is 29.9 Å². The third kappa shape index (κ3) is 2.50. The minimum absolute atomic E-state index is 0.0462. The van der Waals surface area contributed by atoms with E-state index in [4.69, 9.17) is 15.2 Å². The normalized spacial score (nSPS) is 23.3. The molecule has 5 rings (SSSR count). The summed E-state index contributed by atoms with van der Waals surface area (Å²) in [7, 11) is 0. The Labute approximate surface area is 152 Å². The van der Waals surface area contributed by atoms with Gasteiger partial charge in [0.25, 0.3) is 0 Å². The number of nitrogens with zero attached hydrogens (tertiary/aromatic N) is 1. The SMILES string of the molecule is Nc1cccc2c1CCCN2C(=O)C1CC1c1ccc2c(c1)OCCO2. The molecule has 26 heavy (non-hydrogen) atoms. The van der Waals surface area contributed by atoms with Crippen molar-refractivity contribution in [2.24, 2.45) is 5.92 Å². The third-order valence-electron chi connectivity index (χ3n) is 5.65. The van der Waals surface area contributed by atoms with Gasteiger partial charge in [0.1, 0.15) is 13.2 Å². The van der Waals surface area contributed by atoms with Crippen LogP contribution in [0.5, 0.6) is 11.5 Å². The Hall–Kier alpha value is -2.69. The molecule has 1 fully saturated rings. The van der Waals surface area contributed by atoms with Crippen molar-refractivity contribution >= 4 is 17.3 Å². The molecule has 2 N–H and O–H groups in total. The first kappa shape index (κ1) is 15.6. The first-order valence-electron chi connectivity index (χ1n) is 9.30. The van der Waals surface area contributed by atoms with Gasteiger partial charge in [-0.3, -0.25) is 4.79 Å². The van der Waals surface area contributed by atoms with Gasteiger partial charge >= 0.3 is 0 Å². The van der Waals surface area contributed by atoms with Crippen LogP contribution in [0.3, 0.4) is 0 Å². The summed E-state index contributed by atoms with van der Waals surface area (Å²) in [6.45, 7) is 1.95. The van der Waals surface area contributed by atoms with Crippen molar-refractivity contribution in [3.05, 3.63) is 47.5 Å². The summed E-state index contributed by atoms with van der Waals surface area (Å²) < 4.78 is 11.3. The van der Waals surface area contributed by atoms with E-state index in [1.807, 2.05) is 35.2 Å². The number of hydrogen-bond acceptors (Lipinski definition) is 4. The third-order valence-corrected chi connectivity index (χ3v) is 5.65. The van der Waals surface area contributed by atoms with Crippen LogP contribution in [-0.2, 0) is 11.2 Å². The maximum atomic E-state index is 13.1. The number of benzene rings is 2. The van der Waals surface area contributed by atoms with E-state index in [2.05, 4.69) is 6.07 Å². The maximum Gasteiger partial charge on any atom is 0.230 e. The lowest BCUT2D eigenvalue weighted by Crippen LogP contribution is -2.37. The summed E-state index contributed by atoms with van der Waals surface area (Å²) >= 11 is 0. The van der Waals surface area contributed by atoms with Gasteiger partial charge in [0.2, 0.25) is 5.91 Å². The zero-order valence-electron chi connectivity index (χ0n) is 14.6. The summed E-state index contributed by atoms with van der Waals surface area (Å²) in [6, 6.07) is 11.9. The molecule has 1 amide bonds. The van der Waals surface area contributed by atoms with Crippen molar-refractivity contribution in [1.29, 1.82) is 0 Å². The number of carbonyl (C=O) groups excluding carboxylic acids is 1. The molecule has 5 nitrogen and oxygen atoms in total. The number of hydrogen-bond donors (Lipinski definition) is 1. The number of nitrogens with two attached hydrogens (primary N) is 1. The molecule has 134 valence electrons. The lowest BCUT2D eigenvalue weighted by molar-refractivity contribution is -0.120. The minimum Gasteiger partial charge on any atom is -0.486 e. The van der Waals surface area contributed by atoms with E-state index < -0.39 is 0 Å². The second-order valence-electron chi connectivity index (χ2n) is 7.29. The molecule has 0 aromatic heterocycles. The Morgan fingerprint density at radius 3 is 2.85 bits per heavy atom. The highest BCUT2D eigenvalue weighted by molar-refractivity contribution is 5.99. The van der Waals surface area contributed by atoms with Gasteiger partial charge in [-0.2, -0.15) is 0 Å². The van der Waals surface area contributed by atoms with E-state index in [9.17, 15) is 4.79 Å². The first-order valence-corrected chi connectivity index (χ1v) is 9.30. The van der Waals surface area contributed by atoms with Gasteiger partial charge in [0, 0.05) is 23.8 Å².